The number of nitrogens with zero attached hydrogens (tertiary/aromatic N) is 3. The molecule has 2 aromatic heterocycles. The minimum absolute atomic E-state index is 0.776. The lowest BCUT2D eigenvalue weighted by molar-refractivity contribution is 0.368. The molecule has 4 nitrogen and oxygen atoms in total. The van der Waals surface area contributed by atoms with Gasteiger partial charge in [0.25, 0.3) is 0 Å². The smallest absolute Gasteiger partial charge is 0.159 e. The number of methoxy groups -OCH3 is 1. The average Bonchev–Trinajstić information content (AvgIpc) is 2.65. The first-order valence-corrected chi connectivity index (χ1v) is 4.77. The summed E-state index contributed by atoms with van der Waals surface area (Å²) in [5.74, 6) is 0.776. The summed E-state index contributed by atoms with van der Waals surface area (Å²) in [6.45, 7) is 3.86. The van der Waals surface area contributed by atoms with E-state index in [-0.39, 0.29) is 0 Å². The highest BCUT2D eigenvalue weighted by Crippen LogP contribution is 2.15. The standard InChI is InChI=1S/C11H13N3O/c1-4-10(15-3)9-7-14-6-5-12-8(2)11(14)13-9/h4-7H,1-3H3/b10-4-. The van der Waals surface area contributed by atoms with Crippen LogP contribution in [0.3, 0.4) is 0 Å². The van der Waals surface area contributed by atoms with Crippen molar-refractivity contribution in [3.63, 3.8) is 0 Å². The fourth-order valence-corrected chi connectivity index (χ4v) is 1.54. The fourth-order valence-electron chi connectivity index (χ4n) is 1.54. The predicted molar refractivity (Wildman–Crippen MR) is 58.4 cm³/mol. The summed E-state index contributed by atoms with van der Waals surface area (Å²) in [5, 5.41) is 0. The first-order chi connectivity index (χ1) is 7.26. The van der Waals surface area contributed by atoms with Crippen molar-refractivity contribution in [3.8, 4) is 0 Å². The second-order valence-electron chi connectivity index (χ2n) is 3.23. The molecule has 0 saturated carbocycles. The first kappa shape index (κ1) is 9.71. The van der Waals surface area contributed by atoms with Gasteiger partial charge in [-0.1, -0.05) is 0 Å². The molecule has 2 heterocycles. The number of allylic oxidation sites excluding steroid dienone is 1. The third kappa shape index (κ3) is 1.58. The van der Waals surface area contributed by atoms with Crippen molar-refractivity contribution >= 4 is 11.4 Å². The number of hydrogen-bond donors (Lipinski definition) is 0. The largest absolute Gasteiger partial charge is 0.495 e. The van der Waals surface area contributed by atoms with Gasteiger partial charge in [-0.3, -0.25) is 4.98 Å². The highest BCUT2D eigenvalue weighted by Gasteiger charge is 2.07. The fraction of sp³-hybridized carbons (Fsp3) is 0.273. The van der Waals surface area contributed by atoms with Crippen molar-refractivity contribution in [2.24, 2.45) is 0 Å². The van der Waals surface area contributed by atoms with E-state index in [2.05, 4.69) is 9.97 Å². The summed E-state index contributed by atoms with van der Waals surface area (Å²) in [6.07, 6.45) is 7.46. The highest BCUT2D eigenvalue weighted by molar-refractivity contribution is 5.59. The van der Waals surface area contributed by atoms with E-state index in [9.17, 15) is 0 Å². The molecule has 0 N–H and O–H groups in total. The van der Waals surface area contributed by atoms with E-state index < -0.39 is 0 Å². The Hall–Kier alpha value is -1.84. The molecule has 0 aliphatic rings. The molecule has 0 fully saturated rings. The van der Waals surface area contributed by atoms with Gasteiger partial charge in [-0.05, 0) is 19.9 Å². The molecule has 0 unspecified atom stereocenters. The molecule has 0 aliphatic heterocycles. The van der Waals surface area contributed by atoms with Gasteiger partial charge in [0.05, 0.1) is 12.8 Å². The van der Waals surface area contributed by atoms with Crippen LogP contribution in [0, 0.1) is 6.92 Å². The Morgan fingerprint density at radius 2 is 2.33 bits per heavy atom. The lowest BCUT2D eigenvalue weighted by Crippen LogP contribution is -1.88. The van der Waals surface area contributed by atoms with Gasteiger partial charge in [-0.2, -0.15) is 0 Å². The van der Waals surface area contributed by atoms with E-state index in [4.69, 9.17) is 4.74 Å². The third-order valence-electron chi connectivity index (χ3n) is 2.29. The van der Waals surface area contributed by atoms with Gasteiger partial charge in [0, 0.05) is 18.6 Å². The third-order valence-corrected chi connectivity index (χ3v) is 2.29. The molecule has 15 heavy (non-hydrogen) atoms. The van der Waals surface area contributed by atoms with Crippen LogP contribution < -0.4 is 0 Å². The van der Waals surface area contributed by atoms with Crippen molar-refractivity contribution in [3.05, 3.63) is 36.1 Å². The first-order valence-electron chi connectivity index (χ1n) is 4.77. The molecule has 2 rings (SSSR count). The Kier molecular flexibility index (Phi) is 2.41. The van der Waals surface area contributed by atoms with Crippen molar-refractivity contribution in [1.29, 1.82) is 0 Å². The Morgan fingerprint density at radius 1 is 1.53 bits per heavy atom. The maximum absolute atomic E-state index is 5.22. The molecule has 2 aromatic rings. The molecule has 0 amide bonds. The summed E-state index contributed by atoms with van der Waals surface area (Å²) in [4.78, 5) is 8.65. The van der Waals surface area contributed by atoms with E-state index >= 15 is 0 Å². The Bertz CT molecular complexity index is 514. The zero-order chi connectivity index (χ0) is 10.8. The molecule has 0 radical (unpaired) electrons. The van der Waals surface area contributed by atoms with Crippen molar-refractivity contribution in [1.82, 2.24) is 14.4 Å². The number of fused-ring (bicyclic) bond motifs is 1. The monoisotopic (exact) mass is 203 g/mol. The van der Waals surface area contributed by atoms with E-state index in [1.807, 2.05) is 36.7 Å². The molecule has 0 spiro atoms. The summed E-state index contributed by atoms with van der Waals surface area (Å²) < 4.78 is 7.16. The molecule has 0 bridgehead atoms. The highest BCUT2D eigenvalue weighted by atomic mass is 16.5. The summed E-state index contributed by atoms with van der Waals surface area (Å²) >= 11 is 0. The molecule has 0 aliphatic carbocycles. The van der Waals surface area contributed by atoms with Crippen molar-refractivity contribution in [2.45, 2.75) is 13.8 Å². The number of aryl methyl sites for hydroxylation is 1. The van der Waals surface area contributed by atoms with Gasteiger partial charge in [0.2, 0.25) is 0 Å². The van der Waals surface area contributed by atoms with Crippen LogP contribution in [0.25, 0.3) is 11.4 Å². The van der Waals surface area contributed by atoms with Crippen LogP contribution in [0.15, 0.2) is 24.7 Å². The Morgan fingerprint density at radius 3 is 2.93 bits per heavy atom. The number of ether oxygens (including phenoxy) is 1. The number of hydrogen-bond acceptors (Lipinski definition) is 3. The minimum Gasteiger partial charge on any atom is -0.495 e. The molecular weight excluding hydrogens is 190 g/mol. The average molecular weight is 203 g/mol. The lowest BCUT2D eigenvalue weighted by atomic mass is 10.4. The molecular formula is C11H13N3O. The van der Waals surface area contributed by atoms with Gasteiger partial charge in [0.1, 0.15) is 11.5 Å². The van der Waals surface area contributed by atoms with Crippen molar-refractivity contribution in [2.75, 3.05) is 7.11 Å². The molecule has 78 valence electrons. The Balaban J connectivity index is 2.61. The SMILES string of the molecule is C/C=C(\OC)c1cn2ccnc(C)c2n1. The van der Waals surface area contributed by atoms with E-state index in [1.54, 1.807) is 13.3 Å². The van der Waals surface area contributed by atoms with Gasteiger partial charge in [-0.15, -0.1) is 0 Å². The number of rotatable bonds is 2. The minimum atomic E-state index is 0.776. The summed E-state index contributed by atoms with van der Waals surface area (Å²) in [6, 6.07) is 0. The Labute approximate surface area is 88.2 Å². The maximum atomic E-state index is 5.22. The number of aromatic nitrogens is 3. The van der Waals surface area contributed by atoms with Crippen LogP contribution in [0.5, 0.6) is 0 Å². The predicted octanol–water partition coefficient (Wildman–Crippen LogP) is 2.04. The van der Waals surface area contributed by atoms with Crippen molar-refractivity contribution < 1.29 is 4.74 Å². The van der Waals surface area contributed by atoms with E-state index in [0.717, 1.165) is 22.8 Å². The lowest BCUT2D eigenvalue weighted by Gasteiger charge is -1.99. The topological polar surface area (TPSA) is 39.4 Å². The van der Waals surface area contributed by atoms with Gasteiger partial charge < -0.3 is 9.14 Å². The van der Waals surface area contributed by atoms with Gasteiger partial charge in [0.15, 0.2) is 5.65 Å². The molecule has 0 atom stereocenters. The van der Waals surface area contributed by atoms with E-state index in [1.165, 1.54) is 0 Å². The van der Waals surface area contributed by atoms with Crippen LogP contribution in [0.4, 0.5) is 0 Å². The molecule has 4 heteroatoms. The molecule has 0 aromatic carbocycles. The van der Waals surface area contributed by atoms with Gasteiger partial charge >= 0.3 is 0 Å². The second kappa shape index (κ2) is 3.73. The molecule has 0 saturated heterocycles. The zero-order valence-electron chi connectivity index (χ0n) is 9.06. The van der Waals surface area contributed by atoms with Crippen LogP contribution >= 0.6 is 0 Å². The van der Waals surface area contributed by atoms with Crippen LogP contribution in [-0.4, -0.2) is 21.5 Å². The van der Waals surface area contributed by atoms with Gasteiger partial charge in [-0.25, -0.2) is 4.98 Å². The quantitative estimate of drug-likeness (QED) is 0.701. The maximum Gasteiger partial charge on any atom is 0.159 e. The van der Waals surface area contributed by atoms with Crippen LogP contribution in [-0.2, 0) is 4.74 Å². The van der Waals surface area contributed by atoms with E-state index in [0.29, 0.717) is 0 Å². The van der Waals surface area contributed by atoms with Crippen LogP contribution in [0.2, 0.25) is 0 Å². The normalized spacial score (nSPS) is 12.1. The number of imidazole rings is 1. The van der Waals surface area contributed by atoms with Crippen LogP contribution in [0.1, 0.15) is 18.3 Å². The second-order valence-corrected chi connectivity index (χ2v) is 3.23. The summed E-state index contributed by atoms with van der Waals surface area (Å²) in [5.41, 5.74) is 2.61. The summed E-state index contributed by atoms with van der Waals surface area (Å²) in [7, 11) is 1.64. The zero-order valence-corrected chi connectivity index (χ0v) is 9.06.